The van der Waals surface area contributed by atoms with Crippen LogP contribution in [0.1, 0.15) is 30.7 Å². The van der Waals surface area contributed by atoms with Gasteiger partial charge in [0, 0.05) is 28.9 Å². The van der Waals surface area contributed by atoms with E-state index in [0.717, 1.165) is 12.3 Å². The van der Waals surface area contributed by atoms with Crippen LogP contribution in [0.2, 0.25) is 0 Å². The van der Waals surface area contributed by atoms with Gasteiger partial charge in [-0.2, -0.15) is 11.8 Å². The molecule has 1 aromatic rings. The first kappa shape index (κ1) is 12.0. The third-order valence-electron chi connectivity index (χ3n) is 1.66. The highest BCUT2D eigenvalue weighted by Gasteiger charge is 2.09. The second-order valence-corrected chi connectivity index (χ2v) is 6.32. The van der Waals surface area contributed by atoms with E-state index in [9.17, 15) is 0 Å². The SMILES string of the molecule is CSCc1ncc(CNC(C)(C)C)s1. The number of rotatable bonds is 4. The van der Waals surface area contributed by atoms with Crippen LogP contribution in [0.5, 0.6) is 0 Å². The largest absolute Gasteiger partial charge is 0.307 e. The molecule has 2 nitrogen and oxygen atoms in total. The summed E-state index contributed by atoms with van der Waals surface area (Å²) in [7, 11) is 0. The smallest absolute Gasteiger partial charge is 0.103 e. The number of nitrogens with zero attached hydrogens (tertiary/aromatic N) is 1. The Hall–Kier alpha value is -0.0600. The molecule has 0 aliphatic rings. The second-order valence-electron chi connectivity index (χ2n) is 4.26. The van der Waals surface area contributed by atoms with Gasteiger partial charge in [0.15, 0.2) is 0 Å². The van der Waals surface area contributed by atoms with E-state index in [1.165, 1.54) is 9.88 Å². The molecule has 0 atom stereocenters. The number of thiazole rings is 1. The van der Waals surface area contributed by atoms with E-state index in [0.29, 0.717) is 0 Å². The predicted molar refractivity (Wildman–Crippen MR) is 65.9 cm³/mol. The van der Waals surface area contributed by atoms with Crippen molar-refractivity contribution < 1.29 is 0 Å². The van der Waals surface area contributed by atoms with Crippen LogP contribution in [-0.4, -0.2) is 16.8 Å². The number of hydrogen-bond acceptors (Lipinski definition) is 4. The molecule has 0 spiro atoms. The molecule has 0 aliphatic heterocycles. The number of nitrogens with one attached hydrogen (secondary N) is 1. The summed E-state index contributed by atoms with van der Waals surface area (Å²) in [5.74, 6) is 1.03. The molecule has 1 heterocycles. The molecule has 14 heavy (non-hydrogen) atoms. The van der Waals surface area contributed by atoms with E-state index >= 15 is 0 Å². The minimum atomic E-state index is 0.184. The van der Waals surface area contributed by atoms with Crippen molar-refractivity contribution in [2.24, 2.45) is 0 Å². The van der Waals surface area contributed by atoms with Gasteiger partial charge in [0.2, 0.25) is 0 Å². The topological polar surface area (TPSA) is 24.9 Å². The molecule has 1 N–H and O–H groups in total. The summed E-state index contributed by atoms with van der Waals surface area (Å²) in [5, 5.41) is 4.68. The van der Waals surface area contributed by atoms with Gasteiger partial charge in [0.25, 0.3) is 0 Å². The Balaban J connectivity index is 2.44. The van der Waals surface area contributed by atoms with Crippen molar-refractivity contribution >= 4 is 23.1 Å². The Morgan fingerprint density at radius 3 is 2.79 bits per heavy atom. The highest BCUT2D eigenvalue weighted by molar-refractivity contribution is 7.97. The van der Waals surface area contributed by atoms with Crippen molar-refractivity contribution in [2.45, 2.75) is 38.6 Å². The summed E-state index contributed by atoms with van der Waals surface area (Å²) in [5.41, 5.74) is 0.184. The average Bonchev–Trinajstić information content (AvgIpc) is 2.49. The Morgan fingerprint density at radius 2 is 2.21 bits per heavy atom. The fraction of sp³-hybridized carbons (Fsp3) is 0.700. The zero-order chi connectivity index (χ0) is 10.6. The second kappa shape index (κ2) is 5.14. The molecule has 0 saturated heterocycles. The molecule has 0 saturated carbocycles. The van der Waals surface area contributed by atoms with Gasteiger partial charge in [-0.1, -0.05) is 0 Å². The number of thioether (sulfide) groups is 1. The van der Waals surface area contributed by atoms with Crippen LogP contribution in [0.3, 0.4) is 0 Å². The first-order chi connectivity index (χ1) is 6.51. The zero-order valence-electron chi connectivity index (χ0n) is 9.26. The van der Waals surface area contributed by atoms with Crippen molar-refractivity contribution in [3.8, 4) is 0 Å². The standard InChI is InChI=1S/C10H18N2S2/c1-10(2,3)12-6-8-5-11-9(14-8)7-13-4/h5,12H,6-7H2,1-4H3. The summed E-state index contributed by atoms with van der Waals surface area (Å²) in [6, 6.07) is 0. The van der Waals surface area contributed by atoms with Gasteiger partial charge in [-0.05, 0) is 27.0 Å². The third kappa shape index (κ3) is 4.44. The third-order valence-corrected chi connectivity index (χ3v) is 3.40. The van der Waals surface area contributed by atoms with E-state index < -0.39 is 0 Å². The first-order valence-electron chi connectivity index (χ1n) is 4.69. The van der Waals surface area contributed by atoms with Gasteiger partial charge in [0.1, 0.15) is 5.01 Å². The van der Waals surface area contributed by atoms with Gasteiger partial charge in [-0.15, -0.1) is 11.3 Å². The highest BCUT2D eigenvalue weighted by atomic mass is 32.2. The molecule has 0 fully saturated rings. The summed E-state index contributed by atoms with van der Waals surface area (Å²) in [6.07, 6.45) is 4.09. The zero-order valence-corrected chi connectivity index (χ0v) is 10.9. The predicted octanol–water partition coefficient (Wildman–Crippen LogP) is 2.89. The summed E-state index contributed by atoms with van der Waals surface area (Å²) < 4.78 is 0. The van der Waals surface area contributed by atoms with Crippen molar-refractivity contribution in [3.05, 3.63) is 16.1 Å². The molecule has 0 bridgehead atoms. The van der Waals surface area contributed by atoms with E-state index in [1.807, 2.05) is 18.0 Å². The molecule has 0 amide bonds. The lowest BCUT2D eigenvalue weighted by atomic mass is 10.1. The minimum Gasteiger partial charge on any atom is -0.307 e. The van der Waals surface area contributed by atoms with Crippen LogP contribution < -0.4 is 5.32 Å². The van der Waals surface area contributed by atoms with Crippen LogP contribution in [0.25, 0.3) is 0 Å². The molecule has 0 radical (unpaired) electrons. The maximum absolute atomic E-state index is 4.36. The summed E-state index contributed by atoms with van der Waals surface area (Å²) in [6.45, 7) is 7.46. The quantitative estimate of drug-likeness (QED) is 0.861. The highest BCUT2D eigenvalue weighted by Crippen LogP contribution is 2.17. The van der Waals surface area contributed by atoms with Crippen molar-refractivity contribution in [1.82, 2.24) is 10.3 Å². The molecule has 1 rings (SSSR count). The number of aromatic nitrogens is 1. The van der Waals surface area contributed by atoms with Crippen LogP contribution in [0.15, 0.2) is 6.20 Å². The van der Waals surface area contributed by atoms with Crippen molar-refractivity contribution in [1.29, 1.82) is 0 Å². The normalized spacial score (nSPS) is 12.0. The Kier molecular flexibility index (Phi) is 4.41. The van der Waals surface area contributed by atoms with E-state index in [4.69, 9.17) is 0 Å². The van der Waals surface area contributed by atoms with E-state index in [-0.39, 0.29) is 5.54 Å². The Morgan fingerprint density at radius 1 is 1.50 bits per heavy atom. The van der Waals surface area contributed by atoms with Gasteiger partial charge in [-0.25, -0.2) is 4.98 Å². The fourth-order valence-corrected chi connectivity index (χ4v) is 2.54. The van der Waals surface area contributed by atoms with Crippen molar-refractivity contribution in [3.63, 3.8) is 0 Å². The maximum Gasteiger partial charge on any atom is 0.103 e. The minimum absolute atomic E-state index is 0.184. The lowest BCUT2D eigenvalue weighted by Crippen LogP contribution is -2.34. The van der Waals surface area contributed by atoms with E-state index in [1.54, 1.807) is 11.3 Å². The van der Waals surface area contributed by atoms with Gasteiger partial charge in [0.05, 0.1) is 0 Å². The van der Waals surface area contributed by atoms with Gasteiger partial charge in [-0.3, -0.25) is 0 Å². The molecule has 80 valence electrons. The summed E-state index contributed by atoms with van der Waals surface area (Å²) in [4.78, 5) is 5.69. The van der Waals surface area contributed by atoms with Crippen molar-refractivity contribution in [2.75, 3.05) is 6.26 Å². The summed E-state index contributed by atoms with van der Waals surface area (Å²) >= 11 is 3.62. The molecule has 1 aromatic heterocycles. The average molecular weight is 230 g/mol. The molecule has 0 aliphatic carbocycles. The van der Waals surface area contributed by atoms with Gasteiger partial charge < -0.3 is 5.32 Å². The van der Waals surface area contributed by atoms with Crippen LogP contribution in [0.4, 0.5) is 0 Å². The molecule has 4 heteroatoms. The Labute approximate surface area is 94.5 Å². The molecular weight excluding hydrogens is 212 g/mol. The molecule has 0 unspecified atom stereocenters. The monoisotopic (exact) mass is 230 g/mol. The Bertz CT molecular complexity index is 276. The lowest BCUT2D eigenvalue weighted by molar-refractivity contribution is 0.426. The van der Waals surface area contributed by atoms with Crippen LogP contribution in [-0.2, 0) is 12.3 Å². The maximum atomic E-state index is 4.36. The molecule has 0 aromatic carbocycles. The fourth-order valence-electron chi connectivity index (χ4n) is 0.972. The number of hydrogen-bond donors (Lipinski definition) is 1. The first-order valence-corrected chi connectivity index (χ1v) is 6.90. The van der Waals surface area contributed by atoms with Crippen LogP contribution in [0, 0.1) is 0 Å². The van der Waals surface area contributed by atoms with E-state index in [2.05, 4.69) is 37.3 Å². The lowest BCUT2D eigenvalue weighted by Gasteiger charge is -2.19. The van der Waals surface area contributed by atoms with Gasteiger partial charge >= 0.3 is 0 Å². The molecular formula is C10H18N2S2. The van der Waals surface area contributed by atoms with Crippen LogP contribution >= 0.6 is 23.1 Å².